The molecule has 0 unspecified atom stereocenters. The second kappa shape index (κ2) is 7.83. The third-order valence-electron chi connectivity index (χ3n) is 6.25. The topological polar surface area (TPSA) is 41.1 Å². The molecular formula is C23H29N3O. The van der Waals surface area contributed by atoms with Crippen LogP contribution in [0.25, 0.3) is 11.0 Å². The van der Waals surface area contributed by atoms with Crippen LogP contribution in [0, 0.1) is 5.92 Å². The van der Waals surface area contributed by atoms with Crippen molar-refractivity contribution in [3.63, 3.8) is 0 Å². The van der Waals surface area contributed by atoms with E-state index in [-0.39, 0.29) is 5.54 Å². The van der Waals surface area contributed by atoms with Gasteiger partial charge in [-0.05, 0) is 63.4 Å². The molecule has 1 aliphatic carbocycles. The van der Waals surface area contributed by atoms with Crippen LogP contribution < -0.4 is 0 Å². The van der Waals surface area contributed by atoms with Gasteiger partial charge in [-0.2, -0.15) is 0 Å². The summed E-state index contributed by atoms with van der Waals surface area (Å²) in [7, 11) is 4.43. The van der Waals surface area contributed by atoms with Crippen LogP contribution in [0.15, 0.2) is 54.9 Å². The number of nitrogens with zero attached hydrogens (tertiary/aromatic N) is 2. The second-order valence-electron chi connectivity index (χ2n) is 7.96. The lowest BCUT2D eigenvalue weighted by atomic mass is 9.72. The number of hydrogen-bond donors (Lipinski definition) is 1. The number of fused-ring (bicyclic) bond motifs is 1. The summed E-state index contributed by atoms with van der Waals surface area (Å²) in [6.45, 7) is 1.49. The Morgan fingerprint density at radius 2 is 1.89 bits per heavy atom. The molecule has 142 valence electrons. The highest BCUT2D eigenvalue weighted by molar-refractivity contribution is 5.79. The molecule has 2 heterocycles. The third kappa shape index (κ3) is 3.64. The second-order valence-corrected chi connectivity index (χ2v) is 7.96. The number of ether oxygens (including phenoxy) is 1. The predicted octanol–water partition coefficient (Wildman–Crippen LogP) is 4.73. The maximum absolute atomic E-state index is 6.10. The first-order chi connectivity index (χ1) is 13.2. The average molecular weight is 364 g/mol. The van der Waals surface area contributed by atoms with Gasteiger partial charge in [0.05, 0.1) is 6.61 Å². The van der Waals surface area contributed by atoms with E-state index in [0.29, 0.717) is 12.5 Å². The van der Waals surface area contributed by atoms with E-state index in [2.05, 4.69) is 65.4 Å². The maximum atomic E-state index is 6.10. The summed E-state index contributed by atoms with van der Waals surface area (Å²) in [5.41, 5.74) is 3.74. The summed E-state index contributed by atoms with van der Waals surface area (Å²) in [5.74, 6) is 0.644. The van der Waals surface area contributed by atoms with E-state index >= 15 is 0 Å². The molecule has 0 spiro atoms. The molecule has 4 heteroatoms. The number of aromatic amines is 1. The Morgan fingerprint density at radius 3 is 2.63 bits per heavy atom. The number of rotatable bonds is 6. The largest absolute Gasteiger partial charge is 0.376 e. The summed E-state index contributed by atoms with van der Waals surface area (Å²) >= 11 is 0. The highest BCUT2D eigenvalue weighted by Gasteiger charge is 2.38. The molecular weight excluding hydrogens is 334 g/mol. The normalized spacial score (nSPS) is 23.1. The van der Waals surface area contributed by atoms with Gasteiger partial charge in [0.1, 0.15) is 5.65 Å². The molecule has 4 nitrogen and oxygen atoms in total. The summed E-state index contributed by atoms with van der Waals surface area (Å²) in [5, 5.41) is 1.16. The van der Waals surface area contributed by atoms with E-state index in [4.69, 9.17) is 4.74 Å². The van der Waals surface area contributed by atoms with E-state index in [9.17, 15) is 0 Å². The standard InChI is InChI=1S/C23H29N3O/c1-26(2)23(20-7-4-3-5-8-20)12-10-18(11-13-23)16-27-17-19-15-25-22-21(19)9-6-14-24-22/h3-9,14-15,18H,10-13,16-17H2,1-2H3,(H,24,25). The van der Waals surface area contributed by atoms with Crippen LogP contribution >= 0.6 is 0 Å². The SMILES string of the molecule is CN(C)C1(c2ccccc2)CCC(COCc2c[nH]c3ncccc23)CC1. The van der Waals surface area contributed by atoms with Crippen molar-refractivity contribution in [2.75, 3.05) is 20.7 Å². The van der Waals surface area contributed by atoms with Gasteiger partial charge in [0.15, 0.2) is 0 Å². The monoisotopic (exact) mass is 363 g/mol. The van der Waals surface area contributed by atoms with E-state index in [1.807, 2.05) is 18.5 Å². The maximum Gasteiger partial charge on any atom is 0.137 e. The fraction of sp³-hybridized carbons (Fsp3) is 0.435. The molecule has 1 saturated carbocycles. The Kier molecular flexibility index (Phi) is 5.28. The fourth-order valence-electron chi connectivity index (χ4n) is 4.53. The number of H-pyrrole nitrogens is 1. The molecule has 0 amide bonds. The molecule has 0 bridgehead atoms. The number of benzene rings is 1. The van der Waals surface area contributed by atoms with Crippen molar-refractivity contribution < 1.29 is 4.74 Å². The van der Waals surface area contributed by atoms with Gasteiger partial charge in [0.25, 0.3) is 0 Å². The van der Waals surface area contributed by atoms with Crippen molar-refractivity contribution in [2.24, 2.45) is 5.92 Å². The molecule has 0 radical (unpaired) electrons. The summed E-state index contributed by atoms with van der Waals surface area (Å²) < 4.78 is 6.10. The first-order valence-corrected chi connectivity index (χ1v) is 9.91. The van der Waals surface area contributed by atoms with Crippen molar-refractivity contribution in [2.45, 2.75) is 37.8 Å². The van der Waals surface area contributed by atoms with Gasteiger partial charge in [-0.3, -0.25) is 4.90 Å². The van der Waals surface area contributed by atoms with E-state index in [1.54, 1.807) is 0 Å². The van der Waals surface area contributed by atoms with Crippen LogP contribution in [0.5, 0.6) is 0 Å². The Labute approximate surface area is 161 Å². The van der Waals surface area contributed by atoms with Crippen LogP contribution in [-0.2, 0) is 16.9 Å². The van der Waals surface area contributed by atoms with E-state index < -0.39 is 0 Å². The molecule has 27 heavy (non-hydrogen) atoms. The highest BCUT2D eigenvalue weighted by atomic mass is 16.5. The lowest BCUT2D eigenvalue weighted by Crippen LogP contribution is -2.44. The van der Waals surface area contributed by atoms with Gasteiger partial charge in [-0.15, -0.1) is 0 Å². The summed E-state index contributed by atoms with van der Waals surface area (Å²) in [6.07, 6.45) is 8.63. The number of aromatic nitrogens is 2. The van der Waals surface area contributed by atoms with Crippen LogP contribution in [-0.4, -0.2) is 35.6 Å². The fourth-order valence-corrected chi connectivity index (χ4v) is 4.53. The minimum atomic E-state index is 0.167. The molecule has 3 aromatic rings. The number of hydrogen-bond acceptors (Lipinski definition) is 3. The zero-order valence-corrected chi connectivity index (χ0v) is 16.3. The molecule has 0 saturated heterocycles. The Hall–Kier alpha value is -2.17. The van der Waals surface area contributed by atoms with Gasteiger partial charge >= 0.3 is 0 Å². The lowest BCUT2D eigenvalue weighted by Gasteiger charge is -2.45. The Balaban J connectivity index is 1.34. The first-order valence-electron chi connectivity index (χ1n) is 9.91. The first kappa shape index (κ1) is 18.2. The summed E-state index contributed by atoms with van der Waals surface area (Å²) in [6, 6.07) is 15.1. The molecule has 4 rings (SSSR count). The van der Waals surface area contributed by atoms with E-state index in [0.717, 1.165) is 17.6 Å². The van der Waals surface area contributed by atoms with Gasteiger partial charge in [0.2, 0.25) is 0 Å². The van der Waals surface area contributed by atoms with Crippen molar-refractivity contribution in [1.82, 2.24) is 14.9 Å². The average Bonchev–Trinajstić information content (AvgIpc) is 3.12. The minimum Gasteiger partial charge on any atom is -0.376 e. The molecule has 1 fully saturated rings. The predicted molar refractivity (Wildman–Crippen MR) is 110 cm³/mol. The van der Waals surface area contributed by atoms with Gasteiger partial charge in [-0.25, -0.2) is 4.98 Å². The zero-order chi connectivity index (χ0) is 18.7. The van der Waals surface area contributed by atoms with Gasteiger partial charge in [-0.1, -0.05) is 30.3 Å². The zero-order valence-electron chi connectivity index (χ0n) is 16.3. The lowest BCUT2D eigenvalue weighted by molar-refractivity contribution is 0.0290. The van der Waals surface area contributed by atoms with E-state index in [1.165, 1.54) is 36.8 Å². The molecule has 1 aromatic carbocycles. The van der Waals surface area contributed by atoms with Gasteiger partial charge < -0.3 is 9.72 Å². The quantitative estimate of drug-likeness (QED) is 0.688. The molecule has 1 aliphatic rings. The van der Waals surface area contributed by atoms with Crippen LogP contribution in [0.4, 0.5) is 0 Å². The van der Waals surface area contributed by atoms with Gasteiger partial charge in [0, 0.05) is 35.5 Å². The molecule has 2 aromatic heterocycles. The van der Waals surface area contributed by atoms with Crippen molar-refractivity contribution in [3.8, 4) is 0 Å². The minimum absolute atomic E-state index is 0.167. The van der Waals surface area contributed by atoms with Crippen LogP contribution in [0.3, 0.4) is 0 Å². The Bertz CT molecular complexity index is 863. The number of nitrogens with one attached hydrogen (secondary N) is 1. The van der Waals surface area contributed by atoms with Crippen LogP contribution in [0.1, 0.15) is 36.8 Å². The molecule has 0 atom stereocenters. The Morgan fingerprint density at radius 1 is 1.11 bits per heavy atom. The van der Waals surface area contributed by atoms with Crippen molar-refractivity contribution in [1.29, 1.82) is 0 Å². The molecule has 1 N–H and O–H groups in total. The number of pyridine rings is 1. The highest BCUT2D eigenvalue weighted by Crippen LogP contribution is 2.43. The molecule has 0 aliphatic heterocycles. The summed E-state index contributed by atoms with van der Waals surface area (Å²) in [4.78, 5) is 9.98. The van der Waals surface area contributed by atoms with Crippen molar-refractivity contribution >= 4 is 11.0 Å². The van der Waals surface area contributed by atoms with Crippen LogP contribution in [0.2, 0.25) is 0 Å². The smallest absolute Gasteiger partial charge is 0.137 e. The third-order valence-corrected chi connectivity index (χ3v) is 6.25. The van der Waals surface area contributed by atoms with Crippen molar-refractivity contribution in [3.05, 3.63) is 66.0 Å².